The molecule has 0 radical (unpaired) electrons. The van der Waals surface area contributed by atoms with Gasteiger partial charge in [-0.3, -0.25) is 10.3 Å². The van der Waals surface area contributed by atoms with Gasteiger partial charge in [-0.1, -0.05) is 0 Å². The van der Waals surface area contributed by atoms with Crippen molar-refractivity contribution >= 4 is 7.60 Å². The van der Waals surface area contributed by atoms with Crippen molar-refractivity contribution in [1.82, 2.24) is 0 Å². The van der Waals surface area contributed by atoms with E-state index in [1.807, 2.05) is 0 Å². The Morgan fingerprint density at radius 2 is 1.75 bits per heavy atom. The van der Waals surface area contributed by atoms with E-state index in [1.165, 1.54) is 0 Å². The summed E-state index contributed by atoms with van der Waals surface area (Å²) in [6.07, 6.45) is 0. The van der Waals surface area contributed by atoms with Crippen molar-refractivity contribution in [2.45, 2.75) is 12.4 Å². The molecule has 0 aliphatic rings. The molecular weight excluding hydrogens is 133 g/mol. The van der Waals surface area contributed by atoms with Crippen LogP contribution < -0.4 is 5.73 Å². The third kappa shape index (κ3) is 1.90. The largest absolute Gasteiger partial charge is 0.371 e. The second-order valence-electron chi connectivity index (χ2n) is 1.64. The van der Waals surface area contributed by atoms with Gasteiger partial charge in [-0.25, -0.2) is 0 Å². The predicted octanol–water partition coefficient (Wildman–Crippen LogP) is -1.21. The summed E-state index contributed by atoms with van der Waals surface area (Å²) in [5.41, 5.74) is 2.21. The van der Waals surface area contributed by atoms with Crippen LogP contribution >= 0.6 is 7.60 Å². The molecule has 0 aromatic carbocycles. The molecule has 0 saturated heterocycles. The topological polar surface area (TPSA) is 104 Å². The van der Waals surface area contributed by atoms with Crippen LogP contribution in [0.5, 0.6) is 0 Å². The van der Waals surface area contributed by atoms with E-state index in [2.05, 4.69) is 5.73 Å². The number of nitrogens with two attached hydrogens (primary N) is 1. The van der Waals surface area contributed by atoms with Crippen molar-refractivity contribution in [3.05, 3.63) is 0 Å². The average molecular weight is 141 g/mol. The highest BCUT2D eigenvalue weighted by molar-refractivity contribution is 7.53. The molecule has 0 spiro atoms. The van der Waals surface area contributed by atoms with Crippen molar-refractivity contribution in [2.24, 2.45) is 5.73 Å². The Bertz CT molecular complexity index is 120. The summed E-state index contributed by atoms with van der Waals surface area (Å²) >= 11 is 0. The molecule has 1 atom stereocenters. The van der Waals surface area contributed by atoms with Crippen molar-refractivity contribution in [2.75, 3.05) is 0 Å². The molecular formula is C2H8NO4P. The van der Waals surface area contributed by atoms with Gasteiger partial charge in [0, 0.05) is 0 Å². The number of rotatable bonds is 1. The summed E-state index contributed by atoms with van der Waals surface area (Å²) < 4.78 is 9.97. The molecule has 0 saturated carbocycles. The van der Waals surface area contributed by atoms with E-state index in [9.17, 15) is 4.57 Å². The van der Waals surface area contributed by atoms with Gasteiger partial charge in [0.25, 0.3) is 0 Å². The minimum absolute atomic E-state index is 0.841. The lowest BCUT2D eigenvalue weighted by Crippen LogP contribution is -2.34. The molecule has 0 heterocycles. The Morgan fingerprint density at radius 3 is 1.75 bits per heavy atom. The fourth-order valence-electron chi connectivity index (χ4n) is 0. The van der Waals surface area contributed by atoms with Gasteiger partial charge >= 0.3 is 7.60 Å². The van der Waals surface area contributed by atoms with Crippen LogP contribution in [0.1, 0.15) is 6.92 Å². The van der Waals surface area contributed by atoms with Gasteiger partial charge in [0.05, 0.1) is 0 Å². The minimum Gasteiger partial charge on any atom is -0.366 e. The molecule has 5 nitrogen and oxygen atoms in total. The molecule has 8 heavy (non-hydrogen) atoms. The van der Waals surface area contributed by atoms with Crippen LogP contribution in [0.15, 0.2) is 0 Å². The summed E-state index contributed by atoms with van der Waals surface area (Å²) in [6.45, 7) is 0.841. The molecule has 0 bridgehead atoms. The quantitative estimate of drug-likeness (QED) is 0.271. The van der Waals surface area contributed by atoms with E-state index in [0.29, 0.717) is 0 Å². The summed E-state index contributed by atoms with van der Waals surface area (Å²) in [7, 11) is -4.52. The maximum absolute atomic E-state index is 9.97. The minimum atomic E-state index is -4.52. The van der Waals surface area contributed by atoms with Crippen LogP contribution in [0, 0.1) is 0 Å². The lowest BCUT2D eigenvalue weighted by Gasteiger charge is -2.17. The van der Waals surface area contributed by atoms with E-state index < -0.39 is 13.1 Å². The molecule has 5 N–H and O–H groups in total. The standard InChI is InChI=1S/C2H8NO4P/c1-2(3,4)8(5,6)7/h4H,3H2,1H3,(H2,5,6,7). The normalized spacial score (nSPS) is 20.1. The van der Waals surface area contributed by atoms with Gasteiger partial charge in [0.15, 0.2) is 0 Å². The zero-order chi connectivity index (χ0) is 7.00. The first-order chi connectivity index (χ1) is 3.25. The van der Waals surface area contributed by atoms with E-state index >= 15 is 0 Å². The van der Waals surface area contributed by atoms with Crippen LogP contribution in [0.3, 0.4) is 0 Å². The number of aliphatic hydroxyl groups is 1. The highest BCUT2D eigenvalue weighted by Gasteiger charge is 2.35. The second kappa shape index (κ2) is 1.79. The molecule has 0 rings (SSSR count). The Labute approximate surface area is 46.3 Å². The van der Waals surface area contributed by atoms with Crippen LogP contribution in [-0.4, -0.2) is 20.4 Å². The zero-order valence-corrected chi connectivity index (χ0v) is 5.17. The van der Waals surface area contributed by atoms with Crippen molar-refractivity contribution in [3.8, 4) is 0 Å². The van der Waals surface area contributed by atoms with Gasteiger partial charge in [0.2, 0.25) is 5.47 Å². The maximum atomic E-state index is 9.97. The molecule has 50 valence electrons. The summed E-state index contributed by atoms with van der Waals surface area (Å²) in [6, 6.07) is 0. The Hall–Kier alpha value is 0.0700. The van der Waals surface area contributed by atoms with E-state index in [4.69, 9.17) is 14.9 Å². The predicted molar refractivity (Wildman–Crippen MR) is 26.9 cm³/mol. The fourth-order valence-corrected chi connectivity index (χ4v) is 0. The number of hydrogen-bond donors (Lipinski definition) is 4. The third-order valence-electron chi connectivity index (χ3n) is 0.590. The SMILES string of the molecule is CC(N)(O)P(=O)(O)O. The fraction of sp³-hybridized carbons (Fsp3) is 1.00. The van der Waals surface area contributed by atoms with Gasteiger partial charge in [-0.15, -0.1) is 0 Å². The molecule has 0 fully saturated rings. The molecule has 0 aromatic heterocycles. The van der Waals surface area contributed by atoms with Crippen LogP contribution in [0.25, 0.3) is 0 Å². The highest BCUT2D eigenvalue weighted by Crippen LogP contribution is 2.44. The van der Waals surface area contributed by atoms with Gasteiger partial charge in [0.1, 0.15) is 0 Å². The lowest BCUT2D eigenvalue weighted by atomic mass is 10.7. The molecule has 0 aliphatic heterocycles. The summed E-state index contributed by atoms with van der Waals surface area (Å²) in [5.74, 6) is 0. The maximum Gasteiger partial charge on any atom is 0.371 e. The molecule has 1 unspecified atom stereocenters. The van der Waals surface area contributed by atoms with Crippen LogP contribution in [0.4, 0.5) is 0 Å². The van der Waals surface area contributed by atoms with Crippen molar-refractivity contribution < 1.29 is 19.5 Å². The molecule has 6 heteroatoms. The Balaban J connectivity index is 4.26. The first-order valence-corrected chi connectivity index (χ1v) is 3.43. The lowest BCUT2D eigenvalue weighted by molar-refractivity contribution is 0.115. The molecule has 0 aromatic rings. The van der Waals surface area contributed by atoms with Crippen LogP contribution in [0.2, 0.25) is 0 Å². The second-order valence-corrected chi connectivity index (χ2v) is 3.63. The van der Waals surface area contributed by atoms with E-state index in [-0.39, 0.29) is 0 Å². The smallest absolute Gasteiger partial charge is 0.366 e. The van der Waals surface area contributed by atoms with Gasteiger partial charge < -0.3 is 14.9 Å². The molecule has 0 aliphatic carbocycles. The third-order valence-corrected chi connectivity index (χ3v) is 1.77. The van der Waals surface area contributed by atoms with Crippen molar-refractivity contribution in [1.29, 1.82) is 0 Å². The summed E-state index contributed by atoms with van der Waals surface area (Å²) in [5, 5.41) is 8.37. The first-order valence-electron chi connectivity index (χ1n) is 1.82. The highest BCUT2D eigenvalue weighted by atomic mass is 31.2. The Morgan fingerprint density at radius 1 is 1.62 bits per heavy atom. The Kier molecular flexibility index (Phi) is 1.80. The van der Waals surface area contributed by atoms with Gasteiger partial charge in [-0.05, 0) is 6.92 Å². The summed E-state index contributed by atoms with van der Waals surface area (Å²) in [4.78, 5) is 16.2. The first kappa shape index (κ1) is 8.07. The zero-order valence-electron chi connectivity index (χ0n) is 4.27. The number of hydrogen-bond acceptors (Lipinski definition) is 3. The molecule has 0 amide bonds. The van der Waals surface area contributed by atoms with Crippen LogP contribution in [-0.2, 0) is 4.57 Å². The average Bonchev–Trinajstić information content (AvgIpc) is 1.25. The van der Waals surface area contributed by atoms with Crippen molar-refractivity contribution in [3.63, 3.8) is 0 Å². The van der Waals surface area contributed by atoms with E-state index in [0.717, 1.165) is 6.92 Å². The van der Waals surface area contributed by atoms with E-state index in [1.54, 1.807) is 0 Å². The monoisotopic (exact) mass is 141 g/mol. The van der Waals surface area contributed by atoms with Gasteiger partial charge in [-0.2, -0.15) is 0 Å².